The van der Waals surface area contributed by atoms with Gasteiger partial charge in [0.05, 0.1) is 11.5 Å². The molecule has 0 saturated carbocycles. The van der Waals surface area contributed by atoms with Crippen molar-refractivity contribution >= 4 is 29.0 Å². The molecule has 1 aliphatic rings. The molecule has 1 aromatic rings. The van der Waals surface area contributed by atoms with E-state index >= 15 is 0 Å². The highest BCUT2D eigenvalue weighted by Gasteiger charge is 2.34. The number of amides is 2. The van der Waals surface area contributed by atoms with Gasteiger partial charge in [0.25, 0.3) is 11.1 Å². The third-order valence-electron chi connectivity index (χ3n) is 2.90. The normalized spacial score (nSPS) is 16.9. The number of carbonyl (C=O) groups is 2. The van der Waals surface area contributed by atoms with Crippen LogP contribution in [-0.4, -0.2) is 34.3 Å². The van der Waals surface area contributed by atoms with Crippen LogP contribution in [0.3, 0.4) is 0 Å². The summed E-state index contributed by atoms with van der Waals surface area (Å²) in [6, 6.07) is 4.82. The van der Waals surface area contributed by atoms with Crippen molar-refractivity contribution < 1.29 is 19.4 Å². The second-order valence-electron chi connectivity index (χ2n) is 4.49. The van der Waals surface area contributed by atoms with Crippen LogP contribution >= 0.6 is 11.8 Å². The van der Waals surface area contributed by atoms with Gasteiger partial charge in [-0.15, -0.1) is 0 Å². The molecule has 0 radical (unpaired) electrons. The average Bonchev–Trinajstić information content (AvgIpc) is 2.71. The van der Waals surface area contributed by atoms with E-state index in [2.05, 4.69) is 0 Å². The largest absolute Gasteiger partial charge is 0.504 e. The van der Waals surface area contributed by atoms with Gasteiger partial charge in [-0.1, -0.05) is 13.0 Å². The lowest BCUT2D eigenvalue weighted by atomic mass is 10.2. The minimum absolute atomic E-state index is 0.0492. The first kappa shape index (κ1) is 15.4. The number of rotatable bonds is 5. The number of aromatic hydroxyl groups is 1. The van der Waals surface area contributed by atoms with Gasteiger partial charge in [0.15, 0.2) is 11.5 Å². The van der Waals surface area contributed by atoms with Crippen molar-refractivity contribution in [3.05, 3.63) is 28.7 Å². The predicted molar refractivity (Wildman–Crippen MR) is 82.2 cm³/mol. The van der Waals surface area contributed by atoms with Crippen LogP contribution in [0.4, 0.5) is 4.79 Å². The average molecular weight is 307 g/mol. The smallest absolute Gasteiger partial charge is 0.293 e. The number of thioether (sulfide) groups is 1. The Kier molecular flexibility index (Phi) is 4.90. The van der Waals surface area contributed by atoms with Gasteiger partial charge in [-0.3, -0.25) is 14.5 Å². The molecule has 0 aromatic heterocycles. The summed E-state index contributed by atoms with van der Waals surface area (Å²) in [5.74, 6) is 0.144. The van der Waals surface area contributed by atoms with Gasteiger partial charge >= 0.3 is 0 Å². The summed E-state index contributed by atoms with van der Waals surface area (Å²) in [7, 11) is 0. The van der Waals surface area contributed by atoms with E-state index in [4.69, 9.17) is 4.74 Å². The summed E-state index contributed by atoms with van der Waals surface area (Å²) in [5.41, 5.74) is 0.707. The van der Waals surface area contributed by atoms with Gasteiger partial charge in [0, 0.05) is 6.54 Å². The Morgan fingerprint density at radius 2 is 2.10 bits per heavy atom. The van der Waals surface area contributed by atoms with E-state index in [0.29, 0.717) is 29.4 Å². The molecule has 2 amide bonds. The van der Waals surface area contributed by atoms with Crippen LogP contribution in [0.25, 0.3) is 6.08 Å². The van der Waals surface area contributed by atoms with Gasteiger partial charge in [-0.2, -0.15) is 0 Å². The molecule has 2 rings (SSSR count). The van der Waals surface area contributed by atoms with Crippen molar-refractivity contribution in [3.8, 4) is 11.5 Å². The molecule has 1 heterocycles. The molecule has 1 saturated heterocycles. The first-order valence-electron chi connectivity index (χ1n) is 6.78. The van der Waals surface area contributed by atoms with Crippen LogP contribution in [0.15, 0.2) is 23.1 Å². The maximum atomic E-state index is 12.1. The number of hydrogen-bond donors (Lipinski definition) is 1. The Hall–Kier alpha value is -1.95. The van der Waals surface area contributed by atoms with E-state index in [1.165, 1.54) is 11.0 Å². The molecule has 21 heavy (non-hydrogen) atoms. The maximum Gasteiger partial charge on any atom is 0.293 e. The molecule has 0 atom stereocenters. The molecule has 0 aliphatic carbocycles. The standard InChI is InChI=1S/C15H17NO4S/c1-3-7-16-14(18)13(21-15(16)19)9-10-5-6-11(17)12(8-10)20-4-2/h5-6,8-9,17H,3-4,7H2,1-2H3/b13-9+. The first-order chi connectivity index (χ1) is 10.1. The number of phenolic OH excluding ortho intramolecular Hbond substituents is 1. The highest BCUT2D eigenvalue weighted by Crippen LogP contribution is 2.34. The molecule has 6 heteroatoms. The highest BCUT2D eigenvalue weighted by atomic mass is 32.2. The summed E-state index contributed by atoms with van der Waals surface area (Å²) in [5, 5.41) is 9.41. The van der Waals surface area contributed by atoms with Crippen molar-refractivity contribution in [2.75, 3.05) is 13.2 Å². The van der Waals surface area contributed by atoms with Crippen molar-refractivity contribution in [2.24, 2.45) is 0 Å². The van der Waals surface area contributed by atoms with Gasteiger partial charge in [0.2, 0.25) is 0 Å². The number of hydrogen-bond acceptors (Lipinski definition) is 5. The lowest BCUT2D eigenvalue weighted by Crippen LogP contribution is -2.28. The summed E-state index contributed by atoms with van der Waals surface area (Å²) < 4.78 is 5.30. The maximum absolute atomic E-state index is 12.1. The van der Waals surface area contributed by atoms with Crippen LogP contribution in [0.2, 0.25) is 0 Å². The summed E-state index contributed by atoms with van der Waals surface area (Å²) in [4.78, 5) is 25.5. The van der Waals surface area contributed by atoms with E-state index in [1.807, 2.05) is 13.8 Å². The quantitative estimate of drug-likeness (QED) is 0.846. The van der Waals surface area contributed by atoms with Gasteiger partial charge in [0.1, 0.15) is 0 Å². The molecule has 0 unspecified atom stereocenters. The fraction of sp³-hybridized carbons (Fsp3) is 0.333. The Morgan fingerprint density at radius 3 is 2.76 bits per heavy atom. The van der Waals surface area contributed by atoms with Crippen LogP contribution < -0.4 is 4.74 Å². The third-order valence-corrected chi connectivity index (χ3v) is 3.81. The minimum Gasteiger partial charge on any atom is -0.504 e. The van der Waals surface area contributed by atoms with Crippen LogP contribution in [-0.2, 0) is 4.79 Å². The van der Waals surface area contributed by atoms with E-state index in [1.54, 1.807) is 18.2 Å². The monoisotopic (exact) mass is 307 g/mol. The first-order valence-corrected chi connectivity index (χ1v) is 7.59. The van der Waals surface area contributed by atoms with Crippen molar-refractivity contribution in [1.82, 2.24) is 4.90 Å². The van der Waals surface area contributed by atoms with Gasteiger partial charge in [-0.25, -0.2) is 0 Å². The Balaban J connectivity index is 2.26. The fourth-order valence-corrected chi connectivity index (χ4v) is 2.82. The summed E-state index contributed by atoms with van der Waals surface area (Å²) in [6.45, 7) is 4.61. The van der Waals surface area contributed by atoms with Crippen LogP contribution in [0.1, 0.15) is 25.8 Å². The molecule has 1 aromatic carbocycles. The molecule has 112 valence electrons. The zero-order valence-corrected chi connectivity index (χ0v) is 12.8. The Morgan fingerprint density at radius 1 is 1.33 bits per heavy atom. The zero-order chi connectivity index (χ0) is 15.4. The predicted octanol–water partition coefficient (Wildman–Crippen LogP) is 3.24. The second kappa shape index (κ2) is 6.67. The molecule has 1 aliphatic heterocycles. The van der Waals surface area contributed by atoms with E-state index in [0.717, 1.165) is 18.2 Å². The molecule has 1 N–H and O–H groups in total. The molecule has 5 nitrogen and oxygen atoms in total. The van der Waals surface area contributed by atoms with Crippen molar-refractivity contribution in [3.63, 3.8) is 0 Å². The Bertz CT molecular complexity index is 597. The SMILES string of the molecule is CCCN1C(=O)S/C(=C/c2ccc(O)c(OCC)c2)C1=O. The number of phenols is 1. The highest BCUT2D eigenvalue weighted by molar-refractivity contribution is 8.18. The lowest BCUT2D eigenvalue weighted by Gasteiger charge is -2.09. The third kappa shape index (κ3) is 3.39. The second-order valence-corrected chi connectivity index (χ2v) is 5.49. The lowest BCUT2D eigenvalue weighted by molar-refractivity contribution is -0.122. The minimum atomic E-state index is -0.266. The topological polar surface area (TPSA) is 66.8 Å². The van der Waals surface area contributed by atoms with Crippen molar-refractivity contribution in [2.45, 2.75) is 20.3 Å². The zero-order valence-electron chi connectivity index (χ0n) is 12.0. The molecular weight excluding hydrogens is 290 g/mol. The fourth-order valence-electron chi connectivity index (χ4n) is 1.96. The van der Waals surface area contributed by atoms with Crippen LogP contribution in [0.5, 0.6) is 11.5 Å². The summed E-state index contributed by atoms with van der Waals surface area (Å²) >= 11 is 0.935. The van der Waals surface area contributed by atoms with E-state index in [-0.39, 0.29) is 16.9 Å². The molecule has 1 fully saturated rings. The number of nitrogens with zero attached hydrogens (tertiary/aromatic N) is 1. The number of ether oxygens (including phenoxy) is 1. The number of benzene rings is 1. The van der Waals surface area contributed by atoms with Gasteiger partial charge in [-0.05, 0) is 48.9 Å². The number of imide groups is 1. The van der Waals surface area contributed by atoms with Crippen molar-refractivity contribution in [1.29, 1.82) is 0 Å². The van der Waals surface area contributed by atoms with Crippen LogP contribution in [0, 0.1) is 0 Å². The van der Waals surface area contributed by atoms with Gasteiger partial charge < -0.3 is 9.84 Å². The molecule has 0 bridgehead atoms. The van der Waals surface area contributed by atoms with E-state index < -0.39 is 0 Å². The Labute approximate surface area is 127 Å². The molecular formula is C15H17NO4S. The molecule has 0 spiro atoms. The number of carbonyl (C=O) groups excluding carboxylic acids is 2. The summed E-state index contributed by atoms with van der Waals surface area (Å²) in [6.07, 6.45) is 2.38. The van der Waals surface area contributed by atoms with E-state index in [9.17, 15) is 14.7 Å².